The van der Waals surface area contributed by atoms with Gasteiger partial charge in [0.1, 0.15) is 22.8 Å². The van der Waals surface area contributed by atoms with E-state index in [1.807, 2.05) is 6.07 Å². The fraction of sp³-hybridized carbons (Fsp3) is 0.105. The topological polar surface area (TPSA) is 66.9 Å². The Morgan fingerprint density at radius 2 is 2.22 bits per heavy atom. The number of halogens is 2. The van der Waals surface area contributed by atoms with Crippen LogP contribution in [0.15, 0.2) is 42.7 Å². The van der Waals surface area contributed by atoms with Crippen LogP contribution in [0.3, 0.4) is 0 Å². The van der Waals surface area contributed by atoms with Gasteiger partial charge in [0.2, 0.25) is 5.91 Å². The Morgan fingerprint density at radius 1 is 1.37 bits per heavy atom. The standard InChI is InChI=1S/C19H14ClFN4OS/c1-2-4-17(26)22-8-3-5-13-10-14-18(23-11-24-19(14)27-13)25-12-6-7-16(21)15(20)9-12/h2,4,6-7,9-11H,8H2,1H3,(H,22,26)(H,23,24,25)/b4-2+. The van der Waals surface area contributed by atoms with E-state index >= 15 is 0 Å². The van der Waals surface area contributed by atoms with E-state index in [1.54, 1.807) is 19.1 Å². The number of rotatable bonds is 4. The molecule has 3 aromatic rings. The van der Waals surface area contributed by atoms with Crippen molar-refractivity contribution in [1.82, 2.24) is 15.3 Å². The summed E-state index contributed by atoms with van der Waals surface area (Å²) in [5.41, 5.74) is 0.618. The SMILES string of the molecule is C/C=C/C(=O)NCC#Cc1cc2c(Nc3ccc(F)c(Cl)c3)ncnc2s1. The molecule has 2 N–H and O–H groups in total. The van der Waals surface area contributed by atoms with Gasteiger partial charge in [0.25, 0.3) is 0 Å². The van der Waals surface area contributed by atoms with Gasteiger partial charge < -0.3 is 10.6 Å². The fourth-order valence-corrected chi connectivity index (χ4v) is 3.25. The van der Waals surface area contributed by atoms with Gasteiger partial charge in [-0.2, -0.15) is 0 Å². The minimum absolute atomic E-state index is 0.0298. The lowest BCUT2D eigenvalue weighted by atomic mass is 10.3. The van der Waals surface area contributed by atoms with Crippen LogP contribution in [0.1, 0.15) is 11.8 Å². The van der Waals surface area contributed by atoms with Crippen LogP contribution in [0.5, 0.6) is 0 Å². The van der Waals surface area contributed by atoms with Gasteiger partial charge in [-0.1, -0.05) is 29.5 Å². The van der Waals surface area contributed by atoms with Gasteiger partial charge in [-0.15, -0.1) is 11.3 Å². The van der Waals surface area contributed by atoms with E-state index in [0.29, 0.717) is 11.5 Å². The number of nitrogens with zero attached hydrogens (tertiary/aromatic N) is 2. The number of aromatic nitrogens is 2. The lowest BCUT2D eigenvalue weighted by Crippen LogP contribution is -2.20. The largest absolute Gasteiger partial charge is 0.342 e. The van der Waals surface area contributed by atoms with Crippen molar-refractivity contribution < 1.29 is 9.18 Å². The van der Waals surface area contributed by atoms with Gasteiger partial charge in [0, 0.05) is 5.69 Å². The van der Waals surface area contributed by atoms with Crippen molar-refractivity contribution in [3.8, 4) is 11.8 Å². The van der Waals surface area contributed by atoms with Gasteiger partial charge in [0.15, 0.2) is 0 Å². The zero-order chi connectivity index (χ0) is 19.2. The van der Waals surface area contributed by atoms with E-state index in [-0.39, 0.29) is 17.5 Å². The minimum atomic E-state index is -0.482. The molecule has 0 saturated carbocycles. The molecule has 2 aromatic heterocycles. The number of hydrogen-bond acceptors (Lipinski definition) is 5. The molecule has 0 aliphatic rings. The molecule has 0 saturated heterocycles. The summed E-state index contributed by atoms with van der Waals surface area (Å²) in [6.07, 6.45) is 4.55. The molecule has 0 atom stereocenters. The summed E-state index contributed by atoms with van der Waals surface area (Å²) >= 11 is 7.24. The quantitative estimate of drug-likeness (QED) is 0.507. The number of amides is 1. The van der Waals surface area contributed by atoms with Crippen molar-refractivity contribution in [2.45, 2.75) is 6.92 Å². The highest BCUT2D eigenvalue weighted by molar-refractivity contribution is 7.19. The van der Waals surface area contributed by atoms with Crippen molar-refractivity contribution in [3.05, 3.63) is 58.5 Å². The average Bonchev–Trinajstić information content (AvgIpc) is 3.06. The predicted molar refractivity (Wildman–Crippen MR) is 107 cm³/mol. The highest BCUT2D eigenvalue weighted by Gasteiger charge is 2.09. The first-order valence-corrected chi connectivity index (χ1v) is 9.12. The molecule has 8 heteroatoms. The van der Waals surface area contributed by atoms with Gasteiger partial charge in [-0.25, -0.2) is 14.4 Å². The molecule has 0 spiro atoms. The monoisotopic (exact) mass is 400 g/mol. The van der Waals surface area contributed by atoms with E-state index in [4.69, 9.17) is 11.6 Å². The van der Waals surface area contributed by atoms with Crippen LogP contribution in [0.4, 0.5) is 15.9 Å². The first-order valence-electron chi connectivity index (χ1n) is 7.93. The average molecular weight is 401 g/mol. The smallest absolute Gasteiger partial charge is 0.244 e. The lowest BCUT2D eigenvalue weighted by Gasteiger charge is -2.06. The number of thiophene rings is 1. The molecular weight excluding hydrogens is 387 g/mol. The summed E-state index contributed by atoms with van der Waals surface area (Å²) in [5, 5.41) is 6.61. The number of hydrogen-bond donors (Lipinski definition) is 2. The highest BCUT2D eigenvalue weighted by atomic mass is 35.5. The van der Waals surface area contributed by atoms with Gasteiger partial charge >= 0.3 is 0 Å². The van der Waals surface area contributed by atoms with Crippen molar-refractivity contribution in [2.75, 3.05) is 11.9 Å². The van der Waals surface area contributed by atoms with Crippen molar-refractivity contribution >= 4 is 50.6 Å². The van der Waals surface area contributed by atoms with Crippen LogP contribution in [0.25, 0.3) is 10.2 Å². The number of fused-ring (bicyclic) bond motifs is 1. The molecule has 0 aliphatic heterocycles. The molecule has 5 nitrogen and oxygen atoms in total. The Morgan fingerprint density at radius 3 is 3.00 bits per heavy atom. The van der Waals surface area contributed by atoms with Crippen molar-refractivity contribution in [1.29, 1.82) is 0 Å². The molecule has 0 aliphatic carbocycles. The molecule has 0 bridgehead atoms. The first kappa shape index (κ1) is 18.8. The van der Waals surface area contributed by atoms with Crippen LogP contribution >= 0.6 is 22.9 Å². The van der Waals surface area contributed by atoms with E-state index in [9.17, 15) is 9.18 Å². The van der Waals surface area contributed by atoms with Crippen molar-refractivity contribution in [2.24, 2.45) is 0 Å². The van der Waals surface area contributed by atoms with Crippen LogP contribution in [-0.2, 0) is 4.79 Å². The van der Waals surface area contributed by atoms with Gasteiger partial charge in [-0.3, -0.25) is 4.79 Å². The molecule has 27 heavy (non-hydrogen) atoms. The zero-order valence-electron chi connectivity index (χ0n) is 14.2. The van der Waals surface area contributed by atoms with Gasteiger partial charge in [-0.05, 0) is 37.3 Å². The Kier molecular flexibility index (Phi) is 6.01. The normalized spacial score (nSPS) is 10.6. The second-order valence-electron chi connectivity index (χ2n) is 5.33. The molecular formula is C19H14ClFN4OS. The number of carbonyl (C=O) groups excluding carboxylic acids is 1. The third kappa shape index (κ3) is 4.82. The number of nitrogens with one attached hydrogen (secondary N) is 2. The van der Waals surface area contributed by atoms with Crippen LogP contribution < -0.4 is 10.6 Å². The number of benzene rings is 1. The Hall–Kier alpha value is -2.95. The minimum Gasteiger partial charge on any atom is -0.342 e. The molecule has 136 valence electrons. The molecule has 3 rings (SSSR count). The fourth-order valence-electron chi connectivity index (χ4n) is 2.20. The predicted octanol–water partition coefficient (Wildman–Crippen LogP) is 4.27. The third-order valence-corrected chi connectivity index (χ3v) is 4.64. The summed E-state index contributed by atoms with van der Waals surface area (Å²) in [6, 6.07) is 6.23. The Bertz CT molecular complexity index is 1080. The van der Waals surface area contributed by atoms with Crippen molar-refractivity contribution in [3.63, 3.8) is 0 Å². The van der Waals surface area contributed by atoms with Crippen LogP contribution in [0, 0.1) is 17.7 Å². The highest BCUT2D eigenvalue weighted by Crippen LogP contribution is 2.30. The lowest BCUT2D eigenvalue weighted by molar-refractivity contribution is -0.116. The Balaban J connectivity index is 1.79. The number of anilines is 2. The van der Waals surface area contributed by atoms with E-state index in [0.717, 1.165) is 15.1 Å². The summed E-state index contributed by atoms with van der Waals surface area (Å²) in [6.45, 7) is 2.03. The summed E-state index contributed by atoms with van der Waals surface area (Å²) < 4.78 is 13.3. The van der Waals surface area contributed by atoms with Crippen LogP contribution in [-0.4, -0.2) is 22.4 Å². The van der Waals surface area contributed by atoms with E-state index in [2.05, 4.69) is 32.4 Å². The summed E-state index contributed by atoms with van der Waals surface area (Å²) in [7, 11) is 0. The molecule has 0 unspecified atom stereocenters. The van der Waals surface area contributed by atoms with Crippen LogP contribution in [0.2, 0.25) is 5.02 Å². The number of allylic oxidation sites excluding steroid dienone is 1. The molecule has 0 radical (unpaired) electrons. The maximum absolute atomic E-state index is 13.3. The maximum Gasteiger partial charge on any atom is 0.244 e. The number of carbonyl (C=O) groups is 1. The Labute approximate surface area is 164 Å². The van der Waals surface area contributed by atoms with Gasteiger partial charge in [0.05, 0.1) is 21.8 Å². The summed E-state index contributed by atoms with van der Waals surface area (Å²) in [4.78, 5) is 21.4. The molecule has 2 heterocycles. The first-order chi connectivity index (χ1) is 13.1. The van der Waals surface area contributed by atoms with E-state index < -0.39 is 5.82 Å². The second kappa shape index (κ2) is 8.62. The second-order valence-corrected chi connectivity index (χ2v) is 6.76. The molecule has 1 amide bonds. The molecule has 1 aromatic carbocycles. The third-order valence-electron chi connectivity index (χ3n) is 3.39. The zero-order valence-corrected chi connectivity index (χ0v) is 15.8. The molecule has 0 fully saturated rings. The van der Waals surface area contributed by atoms with E-state index in [1.165, 1.54) is 35.9 Å². The maximum atomic E-state index is 13.3. The summed E-state index contributed by atoms with van der Waals surface area (Å²) in [5.74, 6) is 5.82.